The number of nitrogens with one attached hydrogen (secondary N) is 1. The lowest BCUT2D eigenvalue weighted by molar-refractivity contribution is 0.0664. The van der Waals surface area contributed by atoms with Crippen LogP contribution in [0.3, 0.4) is 0 Å². The van der Waals surface area contributed by atoms with Crippen molar-refractivity contribution in [1.29, 1.82) is 0 Å². The Bertz CT molecular complexity index is 1490. The van der Waals surface area contributed by atoms with Crippen molar-refractivity contribution >= 4 is 34.4 Å². The van der Waals surface area contributed by atoms with Crippen molar-refractivity contribution in [3.63, 3.8) is 0 Å². The molecule has 1 aliphatic heterocycles. The summed E-state index contributed by atoms with van der Waals surface area (Å²) in [6.45, 7) is 3.14. The molecule has 1 fully saturated rings. The summed E-state index contributed by atoms with van der Waals surface area (Å²) in [6, 6.07) is 21.7. The van der Waals surface area contributed by atoms with Gasteiger partial charge in [0.1, 0.15) is 5.75 Å². The molecule has 1 saturated heterocycles. The van der Waals surface area contributed by atoms with Gasteiger partial charge in [0.15, 0.2) is 5.88 Å². The number of aliphatic imine (C=N–C) groups is 1. The van der Waals surface area contributed by atoms with Crippen LogP contribution in [-0.2, 0) is 4.74 Å². The second-order valence-electron chi connectivity index (χ2n) is 9.08. The number of ether oxygens (including phenoxy) is 2. The second-order valence-corrected chi connectivity index (χ2v) is 9.08. The van der Waals surface area contributed by atoms with Gasteiger partial charge in [0, 0.05) is 48.8 Å². The lowest BCUT2D eigenvalue weighted by atomic mass is 10.0. The molecule has 0 radical (unpaired) electrons. The van der Waals surface area contributed by atoms with E-state index in [-0.39, 0.29) is 17.5 Å². The number of aromatic hydroxyl groups is 1. The van der Waals surface area contributed by atoms with Gasteiger partial charge >= 0.3 is 6.16 Å². The van der Waals surface area contributed by atoms with Crippen LogP contribution >= 0.6 is 0 Å². The summed E-state index contributed by atoms with van der Waals surface area (Å²) in [6.07, 6.45) is -0.832. The normalized spacial score (nSPS) is 14.5. The summed E-state index contributed by atoms with van der Waals surface area (Å²) >= 11 is 0. The SMILES string of the molecule is COC(=O)Oc1ccc2c(C(=Nc3ccc(C(=O)N4CCN(C)CC4)cc3)c3ccccc3)c(O)[nH]c2c1. The number of likely N-dealkylation sites (N-methyl/N-ethyl adjacent to an activating group) is 1. The molecule has 0 aliphatic carbocycles. The molecule has 0 atom stereocenters. The van der Waals surface area contributed by atoms with E-state index >= 15 is 0 Å². The van der Waals surface area contributed by atoms with Gasteiger partial charge in [-0.25, -0.2) is 9.79 Å². The second kappa shape index (κ2) is 10.8. The van der Waals surface area contributed by atoms with Crippen LogP contribution in [-0.4, -0.2) is 78.0 Å². The molecule has 2 heterocycles. The highest BCUT2D eigenvalue weighted by Gasteiger charge is 2.21. The number of carbonyl (C=O) groups is 2. The number of benzene rings is 3. The lowest BCUT2D eigenvalue weighted by Crippen LogP contribution is -2.47. The highest BCUT2D eigenvalue weighted by molar-refractivity contribution is 6.22. The van der Waals surface area contributed by atoms with E-state index in [2.05, 4.69) is 21.7 Å². The summed E-state index contributed by atoms with van der Waals surface area (Å²) in [4.78, 5) is 36.4. The monoisotopic (exact) mass is 512 g/mol. The van der Waals surface area contributed by atoms with E-state index in [1.165, 1.54) is 7.11 Å². The van der Waals surface area contributed by atoms with Gasteiger partial charge in [-0.3, -0.25) is 4.79 Å². The zero-order valence-electron chi connectivity index (χ0n) is 21.2. The molecule has 4 aromatic rings. The van der Waals surface area contributed by atoms with Crippen LogP contribution in [0.5, 0.6) is 11.6 Å². The Hall–Kier alpha value is -4.63. The number of aromatic nitrogens is 1. The predicted octanol–water partition coefficient (Wildman–Crippen LogP) is 4.58. The van der Waals surface area contributed by atoms with Gasteiger partial charge in [0.05, 0.1) is 29.6 Å². The topological polar surface area (TPSA) is 107 Å². The van der Waals surface area contributed by atoms with Crippen LogP contribution in [0.15, 0.2) is 77.8 Å². The van der Waals surface area contributed by atoms with Gasteiger partial charge in [-0.15, -0.1) is 0 Å². The first-order valence-electron chi connectivity index (χ1n) is 12.3. The van der Waals surface area contributed by atoms with E-state index in [0.717, 1.165) is 18.7 Å². The molecule has 3 aromatic carbocycles. The summed E-state index contributed by atoms with van der Waals surface area (Å²) in [5, 5.41) is 11.6. The maximum Gasteiger partial charge on any atom is 0.513 e. The summed E-state index contributed by atoms with van der Waals surface area (Å²) in [5.74, 6) is 0.215. The van der Waals surface area contributed by atoms with Crippen LogP contribution < -0.4 is 4.74 Å². The fraction of sp³-hybridized carbons (Fsp3) is 0.207. The highest BCUT2D eigenvalue weighted by Crippen LogP contribution is 2.33. The average molecular weight is 513 g/mol. The van der Waals surface area contributed by atoms with Crippen molar-refractivity contribution in [1.82, 2.24) is 14.8 Å². The molecule has 9 heteroatoms. The third-order valence-electron chi connectivity index (χ3n) is 6.55. The fourth-order valence-corrected chi connectivity index (χ4v) is 4.46. The number of methoxy groups -OCH3 is 1. The predicted molar refractivity (Wildman–Crippen MR) is 145 cm³/mol. The van der Waals surface area contributed by atoms with Crippen LogP contribution in [0.1, 0.15) is 21.5 Å². The smallest absolute Gasteiger partial charge is 0.494 e. The summed E-state index contributed by atoms with van der Waals surface area (Å²) in [7, 11) is 3.29. The van der Waals surface area contributed by atoms with Crippen LogP contribution in [0.25, 0.3) is 10.9 Å². The maximum atomic E-state index is 12.9. The molecule has 194 valence electrons. The lowest BCUT2D eigenvalue weighted by Gasteiger charge is -2.32. The standard InChI is InChI=1S/C29H28N4O5/c1-32-14-16-33(17-15-32)28(35)20-8-10-21(11-9-20)30-26(19-6-4-3-5-7-19)25-23-13-12-22(38-29(36)37-2)18-24(23)31-27(25)34/h3-13,18,31,34H,14-17H2,1-2H3. The van der Waals surface area contributed by atoms with Crippen molar-refractivity contribution in [2.75, 3.05) is 40.3 Å². The molecular formula is C29H28N4O5. The number of carbonyl (C=O) groups excluding carboxylic acids is 2. The molecular weight excluding hydrogens is 484 g/mol. The minimum Gasteiger partial charge on any atom is -0.494 e. The van der Waals surface area contributed by atoms with Crippen LogP contribution in [0, 0.1) is 0 Å². The van der Waals surface area contributed by atoms with E-state index in [0.29, 0.717) is 46.5 Å². The third-order valence-corrected chi connectivity index (χ3v) is 6.55. The summed E-state index contributed by atoms with van der Waals surface area (Å²) < 4.78 is 9.67. The van der Waals surface area contributed by atoms with Crippen LogP contribution in [0.2, 0.25) is 0 Å². The third kappa shape index (κ3) is 5.23. The maximum absolute atomic E-state index is 12.9. The Morgan fingerprint density at radius 3 is 2.32 bits per heavy atom. The number of rotatable bonds is 5. The van der Waals surface area contributed by atoms with Gasteiger partial charge in [-0.1, -0.05) is 30.3 Å². The van der Waals surface area contributed by atoms with Gasteiger partial charge < -0.3 is 29.4 Å². The van der Waals surface area contributed by atoms with Crippen molar-refractivity contribution in [2.24, 2.45) is 4.99 Å². The fourth-order valence-electron chi connectivity index (χ4n) is 4.46. The highest BCUT2D eigenvalue weighted by atomic mass is 16.7. The van der Waals surface area contributed by atoms with Crippen molar-refractivity contribution < 1.29 is 24.2 Å². The first-order chi connectivity index (χ1) is 18.4. The van der Waals surface area contributed by atoms with Gasteiger partial charge in [-0.2, -0.15) is 0 Å². The van der Waals surface area contributed by atoms with E-state index < -0.39 is 6.16 Å². The van der Waals surface area contributed by atoms with E-state index in [1.807, 2.05) is 35.2 Å². The minimum absolute atomic E-state index is 0.0103. The number of nitrogens with zero attached hydrogens (tertiary/aromatic N) is 3. The van der Waals surface area contributed by atoms with Crippen molar-refractivity contribution in [3.05, 3.63) is 89.5 Å². The number of hydrogen-bond donors (Lipinski definition) is 2. The minimum atomic E-state index is -0.832. The summed E-state index contributed by atoms with van der Waals surface area (Å²) in [5.41, 5.74) is 3.68. The van der Waals surface area contributed by atoms with Gasteiger partial charge in [0.25, 0.3) is 5.91 Å². The Kier molecular flexibility index (Phi) is 7.10. The van der Waals surface area contributed by atoms with E-state index in [1.54, 1.807) is 42.5 Å². The first-order valence-corrected chi connectivity index (χ1v) is 12.3. The van der Waals surface area contributed by atoms with Gasteiger partial charge in [-0.05, 0) is 43.4 Å². The molecule has 9 nitrogen and oxygen atoms in total. The zero-order chi connectivity index (χ0) is 26.6. The zero-order valence-corrected chi connectivity index (χ0v) is 21.2. The number of H-pyrrole nitrogens is 1. The molecule has 5 rings (SSSR count). The molecule has 2 N–H and O–H groups in total. The van der Waals surface area contributed by atoms with E-state index in [9.17, 15) is 14.7 Å². The van der Waals surface area contributed by atoms with Crippen molar-refractivity contribution in [3.8, 4) is 11.6 Å². The Labute approximate surface area is 219 Å². The first kappa shape index (κ1) is 25.0. The Balaban J connectivity index is 1.50. The number of amides is 1. The average Bonchev–Trinajstić information content (AvgIpc) is 3.27. The molecule has 1 aliphatic rings. The Morgan fingerprint density at radius 2 is 1.63 bits per heavy atom. The molecule has 0 bridgehead atoms. The van der Waals surface area contributed by atoms with Gasteiger partial charge in [0.2, 0.25) is 0 Å². The quantitative estimate of drug-likeness (QED) is 0.230. The van der Waals surface area contributed by atoms with E-state index in [4.69, 9.17) is 9.73 Å². The van der Waals surface area contributed by atoms with Crippen molar-refractivity contribution in [2.45, 2.75) is 0 Å². The molecule has 1 aromatic heterocycles. The molecule has 0 spiro atoms. The number of fused-ring (bicyclic) bond motifs is 1. The molecule has 1 amide bonds. The van der Waals surface area contributed by atoms with Crippen LogP contribution in [0.4, 0.5) is 10.5 Å². The molecule has 38 heavy (non-hydrogen) atoms. The molecule has 0 saturated carbocycles. The number of piperazine rings is 1. The largest absolute Gasteiger partial charge is 0.513 e. The Morgan fingerprint density at radius 1 is 0.921 bits per heavy atom. The number of aromatic amines is 1. The molecule has 0 unspecified atom stereocenters. The number of hydrogen-bond acceptors (Lipinski definition) is 7.